The van der Waals surface area contributed by atoms with Crippen molar-refractivity contribution in [3.05, 3.63) is 35.2 Å². The van der Waals surface area contributed by atoms with Gasteiger partial charge in [0.1, 0.15) is 5.69 Å². The van der Waals surface area contributed by atoms with Gasteiger partial charge in [-0.3, -0.25) is 4.79 Å². The van der Waals surface area contributed by atoms with E-state index in [2.05, 4.69) is 9.97 Å². The van der Waals surface area contributed by atoms with Gasteiger partial charge in [0.15, 0.2) is 5.82 Å². The SMILES string of the molecule is O=C(O)CCCCCCCCOC(=O)n1c(-c2cscn2)nc2ccccc21. The fourth-order valence-corrected chi connectivity index (χ4v) is 3.55. The van der Waals surface area contributed by atoms with Crippen molar-refractivity contribution in [2.75, 3.05) is 6.61 Å². The molecule has 28 heavy (non-hydrogen) atoms. The average molecular weight is 401 g/mol. The quantitative estimate of drug-likeness (QED) is 0.483. The molecule has 3 rings (SSSR count). The van der Waals surface area contributed by atoms with Crippen LogP contribution in [0.1, 0.15) is 44.9 Å². The molecule has 0 unspecified atom stereocenters. The van der Waals surface area contributed by atoms with Crippen LogP contribution in [0.4, 0.5) is 4.79 Å². The Morgan fingerprint density at radius 2 is 1.82 bits per heavy atom. The Morgan fingerprint density at radius 1 is 1.07 bits per heavy atom. The minimum Gasteiger partial charge on any atom is -0.481 e. The second-order valence-electron chi connectivity index (χ2n) is 6.51. The summed E-state index contributed by atoms with van der Waals surface area (Å²) in [6, 6.07) is 7.45. The first-order valence-electron chi connectivity index (χ1n) is 9.42. The summed E-state index contributed by atoms with van der Waals surface area (Å²) in [5.41, 5.74) is 3.79. The van der Waals surface area contributed by atoms with Gasteiger partial charge in [0, 0.05) is 11.8 Å². The lowest BCUT2D eigenvalue weighted by atomic mass is 10.1. The summed E-state index contributed by atoms with van der Waals surface area (Å²) < 4.78 is 6.96. The van der Waals surface area contributed by atoms with Crippen molar-refractivity contribution in [2.45, 2.75) is 44.9 Å². The summed E-state index contributed by atoms with van der Waals surface area (Å²) in [6.07, 6.45) is 5.17. The topological polar surface area (TPSA) is 94.3 Å². The van der Waals surface area contributed by atoms with Crippen LogP contribution in [-0.2, 0) is 9.53 Å². The highest BCUT2D eigenvalue weighted by Crippen LogP contribution is 2.25. The molecule has 2 heterocycles. The zero-order valence-electron chi connectivity index (χ0n) is 15.5. The molecule has 0 aliphatic heterocycles. The van der Waals surface area contributed by atoms with Crippen molar-refractivity contribution >= 4 is 34.4 Å². The van der Waals surface area contributed by atoms with E-state index in [9.17, 15) is 9.59 Å². The lowest BCUT2D eigenvalue weighted by Gasteiger charge is -2.08. The third-order valence-electron chi connectivity index (χ3n) is 4.42. The number of imidazole rings is 1. The highest BCUT2D eigenvalue weighted by Gasteiger charge is 2.20. The number of aliphatic carboxylic acids is 1. The number of nitrogens with zero attached hydrogens (tertiary/aromatic N) is 3. The van der Waals surface area contributed by atoms with Gasteiger partial charge in [-0.05, 0) is 25.0 Å². The molecule has 7 nitrogen and oxygen atoms in total. The molecule has 3 aromatic rings. The Balaban J connectivity index is 1.51. The van der Waals surface area contributed by atoms with Gasteiger partial charge in [-0.1, -0.05) is 37.8 Å². The van der Waals surface area contributed by atoms with Gasteiger partial charge in [-0.2, -0.15) is 0 Å². The van der Waals surface area contributed by atoms with Gasteiger partial charge in [-0.15, -0.1) is 11.3 Å². The smallest absolute Gasteiger partial charge is 0.420 e. The van der Waals surface area contributed by atoms with Gasteiger partial charge in [0.05, 0.1) is 23.2 Å². The monoisotopic (exact) mass is 401 g/mol. The van der Waals surface area contributed by atoms with Crippen LogP contribution in [0.15, 0.2) is 35.2 Å². The number of carboxylic acid groups (broad SMARTS) is 1. The number of carboxylic acids is 1. The number of unbranched alkanes of at least 4 members (excludes halogenated alkanes) is 5. The number of aromatic nitrogens is 3. The van der Waals surface area contributed by atoms with Crippen molar-refractivity contribution in [1.29, 1.82) is 0 Å². The summed E-state index contributed by atoms with van der Waals surface area (Å²) in [5.74, 6) is -0.248. The first-order chi connectivity index (χ1) is 13.7. The Hall–Kier alpha value is -2.74. The summed E-state index contributed by atoms with van der Waals surface area (Å²) in [7, 11) is 0. The number of benzene rings is 1. The highest BCUT2D eigenvalue weighted by atomic mass is 32.1. The molecule has 1 aromatic carbocycles. The molecule has 2 aromatic heterocycles. The number of fused-ring (bicyclic) bond motifs is 1. The Morgan fingerprint density at radius 3 is 2.57 bits per heavy atom. The van der Waals surface area contributed by atoms with E-state index in [0.29, 0.717) is 23.6 Å². The number of thiazole rings is 1. The molecule has 0 radical (unpaired) electrons. The van der Waals surface area contributed by atoms with Gasteiger partial charge in [-0.25, -0.2) is 19.3 Å². The molecular formula is C20H23N3O4S. The molecule has 0 atom stereocenters. The summed E-state index contributed by atoms with van der Waals surface area (Å²) in [4.78, 5) is 32.0. The molecule has 0 saturated carbocycles. The van der Waals surface area contributed by atoms with Crippen LogP contribution >= 0.6 is 11.3 Å². The molecule has 0 saturated heterocycles. The highest BCUT2D eigenvalue weighted by molar-refractivity contribution is 7.07. The van der Waals surface area contributed by atoms with Crippen molar-refractivity contribution < 1.29 is 19.4 Å². The zero-order valence-corrected chi connectivity index (χ0v) is 16.4. The van der Waals surface area contributed by atoms with E-state index in [0.717, 1.165) is 44.0 Å². The average Bonchev–Trinajstić information content (AvgIpc) is 3.33. The van der Waals surface area contributed by atoms with Crippen LogP contribution in [0.5, 0.6) is 0 Å². The third kappa shape index (κ3) is 5.16. The maximum atomic E-state index is 12.7. The summed E-state index contributed by atoms with van der Waals surface area (Å²) in [5, 5.41) is 10.5. The van der Waals surface area contributed by atoms with E-state index in [4.69, 9.17) is 9.84 Å². The second-order valence-corrected chi connectivity index (χ2v) is 7.23. The molecule has 0 fully saturated rings. The molecule has 8 heteroatoms. The number of carbonyl (C=O) groups excluding carboxylic acids is 1. The standard InChI is InChI=1S/C20H23N3O4S/c24-18(25)11-5-3-1-2-4-8-12-27-20(26)23-17-10-7-6-9-15(17)22-19(23)16-13-28-14-21-16/h6-7,9-10,13-14H,1-5,8,11-12H2,(H,24,25). The number of hydrogen-bond donors (Lipinski definition) is 1. The van der Waals surface area contributed by atoms with Gasteiger partial charge in [0.25, 0.3) is 0 Å². The lowest BCUT2D eigenvalue weighted by Crippen LogP contribution is -2.15. The number of ether oxygens (including phenoxy) is 1. The van der Waals surface area contributed by atoms with E-state index < -0.39 is 12.1 Å². The van der Waals surface area contributed by atoms with E-state index in [1.165, 1.54) is 15.9 Å². The maximum Gasteiger partial charge on any atom is 0.420 e. The largest absolute Gasteiger partial charge is 0.481 e. The molecule has 0 aliphatic rings. The van der Waals surface area contributed by atoms with Crippen LogP contribution in [0.25, 0.3) is 22.6 Å². The Kier molecular flexibility index (Phi) is 7.13. The zero-order chi connectivity index (χ0) is 19.8. The van der Waals surface area contributed by atoms with Gasteiger partial charge in [0.2, 0.25) is 0 Å². The molecule has 0 bridgehead atoms. The van der Waals surface area contributed by atoms with Crippen LogP contribution in [0.3, 0.4) is 0 Å². The molecule has 0 amide bonds. The molecule has 0 aliphatic carbocycles. The minimum absolute atomic E-state index is 0.234. The second kappa shape index (κ2) is 9.98. The van der Waals surface area contributed by atoms with Gasteiger partial charge < -0.3 is 9.84 Å². The number of para-hydroxylation sites is 2. The van der Waals surface area contributed by atoms with E-state index in [-0.39, 0.29) is 6.42 Å². The Bertz CT molecular complexity index is 921. The Labute approximate surface area is 167 Å². The number of rotatable bonds is 10. The molecule has 0 spiro atoms. The predicted octanol–water partition coefficient (Wildman–Crippen LogP) is 4.96. The minimum atomic E-state index is -0.740. The molecular weight excluding hydrogens is 378 g/mol. The van der Waals surface area contributed by atoms with Crippen LogP contribution in [-0.4, -0.2) is 38.3 Å². The fraction of sp³-hybridized carbons (Fsp3) is 0.400. The van der Waals surface area contributed by atoms with Crippen molar-refractivity contribution in [3.63, 3.8) is 0 Å². The maximum absolute atomic E-state index is 12.7. The van der Waals surface area contributed by atoms with E-state index in [1.807, 2.05) is 29.6 Å². The normalized spacial score (nSPS) is 11.0. The third-order valence-corrected chi connectivity index (χ3v) is 5.00. The summed E-state index contributed by atoms with van der Waals surface area (Å²) in [6.45, 7) is 0.344. The van der Waals surface area contributed by atoms with Crippen molar-refractivity contribution in [1.82, 2.24) is 14.5 Å². The first-order valence-corrected chi connectivity index (χ1v) is 10.4. The number of hydrogen-bond acceptors (Lipinski definition) is 6. The first kappa shape index (κ1) is 20.0. The lowest BCUT2D eigenvalue weighted by molar-refractivity contribution is -0.137. The van der Waals surface area contributed by atoms with Crippen LogP contribution in [0, 0.1) is 0 Å². The number of carbonyl (C=O) groups is 2. The molecule has 148 valence electrons. The fourth-order valence-electron chi connectivity index (χ4n) is 3.01. The summed E-state index contributed by atoms with van der Waals surface area (Å²) >= 11 is 1.45. The predicted molar refractivity (Wildman–Crippen MR) is 108 cm³/mol. The van der Waals surface area contributed by atoms with E-state index in [1.54, 1.807) is 5.51 Å². The van der Waals surface area contributed by atoms with Crippen molar-refractivity contribution in [3.8, 4) is 11.5 Å². The van der Waals surface area contributed by atoms with Crippen molar-refractivity contribution in [2.24, 2.45) is 0 Å². The molecule has 1 N–H and O–H groups in total. The van der Waals surface area contributed by atoms with Crippen LogP contribution in [0.2, 0.25) is 0 Å². The van der Waals surface area contributed by atoms with E-state index >= 15 is 0 Å². The van der Waals surface area contributed by atoms with Crippen LogP contribution < -0.4 is 0 Å². The van der Waals surface area contributed by atoms with Gasteiger partial charge >= 0.3 is 12.1 Å².